The van der Waals surface area contributed by atoms with Crippen molar-refractivity contribution < 1.29 is 26.7 Å². The fraction of sp³-hybridized carbons (Fsp3) is 0.417. The Morgan fingerprint density at radius 3 is 2.38 bits per heavy atom. The zero-order valence-electron chi connectivity index (χ0n) is 11.5. The van der Waals surface area contributed by atoms with Crippen LogP contribution < -0.4 is 5.32 Å². The van der Waals surface area contributed by atoms with E-state index < -0.39 is 43.8 Å². The van der Waals surface area contributed by atoms with Gasteiger partial charge in [0.25, 0.3) is 0 Å². The smallest absolute Gasteiger partial charge is 0.412 e. The third kappa shape index (κ3) is 6.26. The molecule has 1 N–H and O–H groups in total. The Labute approximate surface area is 125 Å². The van der Waals surface area contributed by atoms with Gasteiger partial charge in [-0.1, -0.05) is 0 Å². The molecular weight excluding hydrogens is 328 g/mol. The molecule has 1 aromatic rings. The van der Waals surface area contributed by atoms with Crippen molar-refractivity contribution in [2.75, 3.05) is 5.32 Å². The molecule has 9 heteroatoms. The molecule has 118 valence electrons. The van der Waals surface area contributed by atoms with E-state index in [1.807, 2.05) is 5.32 Å². The highest BCUT2D eigenvalue weighted by Gasteiger charge is 2.20. The van der Waals surface area contributed by atoms with Crippen molar-refractivity contribution in [3.63, 3.8) is 0 Å². The third-order valence-corrected chi connectivity index (χ3v) is 3.07. The minimum atomic E-state index is -3.94. The number of carbonyl (C=O) groups is 1. The number of hydrogen-bond donors (Lipinski definition) is 1. The molecule has 21 heavy (non-hydrogen) atoms. The van der Waals surface area contributed by atoms with Crippen molar-refractivity contribution in [2.45, 2.75) is 32.1 Å². The molecule has 0 saturated carbocycles. The largest absolute Gasteiger partial charge is 0.444 e. The number of benzene rings is 1. The average molecular weight is 342 g/mol. The van der Waals surface area contributed by atoms with Crippen LogP contribution in [0.3, 0.4) is 0 Å². The van der Waals surface area contributed by atoms with Gasteiger partial charge in [0, 0.05) is 10.7 Å². The summed E-state index contributed by atoms with van der Waals surface area (Å²) >= 11 is 0. The maximum Gasteiger partial charge on any atom is 0.412 e. The Hall–Kier alpha value is -1.41. The van der Waals surface area contributed by atoms with E-state index in [2.05, 4.69) is 0 Å². The predicted molar refractivity (Wildman–Crippen MR) is 74.7 cm³/mol. The first kappa shape index (κ1) is 17.6. The lowest BCUT2D eigenvalue weighted by Crippen LogP contribution is -2.27. The molecule has 0 heterocycles. The Kier molecular flexibility index (Phi) is 5.16. The van der Waals surface area contributed by atoms with Crippen LogP contribution in [-0.4, -0.2) is 20.1 Å². The molecule has 0 aliphatic rings. The van der Waals surface area contributed by atoms with E-state index in [0.717, 1.165) is 6.07 Å². The van der Waals surface area contributed by atoms with E-state index in [9.17, 15) is 22.0 Å². The normalized spacial score (nSPS) is 12.1. The second-order valence-electron chi connectivity index (χ2n) is 5.25. The number of ether oxygens (including phenoxy) is 1. The number of carbonyl (C=O) groups excluding carboxylic acids is 1. The standard InChI is InChI=1S/C12H14ClF2NO4S/c1-12(2,3)20-11(17)16-9-5-7(6-21(13,18)19)4-8(14)10(9)15/h4-5H,6H2,1-3H3,(H,16,17). The molecular formula is C12H14ClF2NO4S. The monoisotopic (exact) mass is 341 g/mol. The maximum absolute atomic E-state index is 13.6. The summed E-state index contributed by atoms with van der Waals surface area (Å²) in [6, 6.07) is 1.66. The first-order chi connectivity index (χ1) is 9.37. The molecule has 0 atom stereocenters. The lowest BCUT2D eigenvalue weighted by molar-refractivity contribution is 0.0635. The van der Waals surface area contributed by atoms with Crippen LogP contribution in [0.15, 0.2) is 12.1 Å². The molecule has 0 saturated heterocycles. The van der Waals surface area contributed by atoms with Crippen molar-refractivity contribution in [1.82, 2.24) is 0 Å². The van der Waals surface area contributed by atoms with Gasteiger partial charge in [0.15, 0.2) is 11.6 Å². The second kappa shape index (κ2) is 6.15. The highest BCUT2D eigenvalue weighted by molar-refractivity contribution is 8.13. The molecule has 0 aromatic heterocycles. The Morgan fingerprint density at radius 2 is 1.90 bits per heavy atom. The van der Waals surface area contributed by atoms with Gasteiger partial charge in [-0.15, -0.1) is 0 Å². The molecule has 0 aliphatic carbocycles. The number of anilines is 1. The Bertz CT molecular complexity index is 656. The van der Waals surface area contributed by atoms with E-state index >= 15 is 0 Å². The van der Waals surface area contributed by atoms with Crippen LogP contribution in [0.1, 0.15) is 26.3 Å². The first-order valence-corrected chi connectivity index (χ1v) is 8.25. The molecule has 0 radical (unpaired) electrons. The van der Waals surface area contributed by atoms with E-state index in [0.29, 0.717) is 6.07 Å². The van der Waals surface area contributed by atoms with Gasteiger partial charge in [-0.05, 0) is 38.5 Å². The number of amides is 1. The minimum absolute atomic E-state index is 0.102. The molecule has 1 amide bonds. The van der Waals surface area contributed by atoms with Crippen molar-refractivity contribution in [1.29, 1.82) is 0 Å². The molecule has 5 nitrogen and oxygen atoms in total. The molecule has 0 fully saturated rings. The van der Waals surface area contributed by atoms with Crippen LogP contribution in [-0.2, 0) is 19.5 Å². The van der Waals surface area contributed by atoms with Gasteiger partial charge >= 0.3 is 6.09 Å². The van der Waals surface area contributed by atoms with Crippen molar-refractivity contribution in [3.05, 3.63) is 29.3 Å². The van der Waals surface area contributed by atoms with Gasteiger partial charge in [-0.25, -0.2) is 22.0 Å². The zero-order valence-corrected chi connectivity index (χ0v) is 13.1. The number of rotatable bonds is 3. The van der Waals surface area contributed by atoms with Gasteiger partial charge in [0.05, 0.1) is 11.4 Å². The van der Waals surface area contributed by atoms with Crippen molar-refractivity contribution in [2.24, 2.45) is 0 Å². The van der Waals surface area contributed by atoms with E-state index in [4.69, 9.17) is 15.4 Å². The maximum atomic E-state index is 13.6. The zero-order chi connectivity index (χ0) is 16.4. The van der Waals surface area contributed by atoms with E-state index in [1.165, 1.54) is 0 Å². The summed E-state index contributed by atoms with van der Waals surface area (Å²) < 4.78 is 53.8. The second-order valence-corrected chi connectivity index (χ2v) is 8.03. The van der Waals surface area contributed by atoms with E-state index in [-0.39, 0.29) is 5.56 Å². The summed E-state index contributed by atoms with van der Waals surface area (Å²) in [6.07, 6.45) is -0.994. The topological polar surface area (TPSA) is 72.5 Å². The van der Waals surface area contributed by atoms with Gasteiger partial charge < -0.3 is 4.74 Å². The van der Waals surface area contributed by atoms with Crippen LogP contribution in [0, 0.1) is 11.6 Å². The summed E-state index contributed by atoms with van der Waals surface area (Å²) in [7, 11) is 1.11. The average Bonchev–Trinajstić information content (AvgIpc) is 2.19. The molecule has 1 rings (SSSR count). The number of halogens is 3. The summed E-state index contributed by atoms with van der Waals surface area (Å²) in [5.74, 6) is -3.33. The fourth-order valence-corrected chi connectivity index (χ4v) is 2.37. The van der Waals surface area contributed by atoms with Gasteiger partial charge in [0.2, 0.25) is 9.05 Å². The van der Waals surface area contributed by atoms with Gasteiger partial charge in [0.1, 0.15) is 5.60 Å². The third-order valence-electron chi connectivity index (χ3n) is 2.06. The lowest BCUT2D eigenvalue weighted by atomic mass is 10.2. The highest BCUT2D eigenvalue weighted by atomic mass is 35.7. The SMILES string of the molecule is CC(C)(C)OC(=O)Nc1cc(CS(=O)(=O)Cl)cc(F)c1F. The number of hydrogen-bond acceptors (Lipinski definition) is 4. The highest BCUT2D eigenvalue weighted by Crippen LogP contribution is 2.23. The summed E-state index contributed by atoms with van der Waals surface area (Å²) in [6.45, 7) is 4.79. The van der Waals surface area contributed by atoms with Crippen LogP contribution in [0.25, 0.3) is 0 Å². The van der Waals surface area contributed by atoms with E-state index in [1.54, 1.807) is 20.8 Å². The molecule has 0 aliphatic heterocycles. The van der Waals surface area contributed by atoms with Crippen LogP contribution in [0.4, 0.5) is 19.3 Å². The quantitative estimate of drug-likeness (QED) is 0.855. The molecule has 1 aromatic carbocycles. The summed E-state index contributed by atoms with van der Waals surface area (Å²) in [5.41, 5.74) is -1.45. The van der Waals surface area contributed by atoms with Crippen molar-refractivity contribution in [3.8, 4) is 0 Å². The summed E-state index contributed by atoms with van der Waals surface area (Å²) in [5, 5.41) is 2.02. The van der Waals surface area contributed by atoms with Crippen LogP contribution >= 0.6 is 10.7 Å². The minimum Gasteiger partial charge on any atom is -0.444 e. The molecule has 0 bridgehead atoms. The van der Waals surface area contributed by atoms with Crippen molar-refractivity contribution >= 4 is 31.5 Å². The van der Waals surface area contributed by atoms with Crippen LogP contribution in [0.2, 0.25) is 0 Å². The molecule has 0 unspecified atom stereocenters. The summed E-state index contributed by atoms with van der Waals surface area (Å²) in [4.78, 5) is 11.5. The Morgan fingerprint density at radius 1 is 1.33 bits per heavy atom. The first-order valence-electron chi connectivity index (χ1n) is 5.77. The fourth-order valence-electron chi connectivity index (χ4n) is 1.43. The molecule has 0 spiro atoms. The van der Waals surface area contributed by atoms with Gasteiger partial charge in [-0.3, -0.25) is 5.32 Å². The van der Waals surface area contributed by atoms with Crippen LogP contribution in [0.5, 0.6) is 0 Å². The lowest BCUT2D eigenvalue weighted by Gasteiger charge is -2.20. The number of nitrogens with one attached hydrogen (secondary N) is 1. The van der Waals surface area contributed by atoms with Gasteiger partial charge in [-0.2, -0.15) is 0 Å². The Balaban J connectivity index is 3.04. The predicted octanol–water partition coefficient (Wildman–Crippen LogP) is 3.38.